The van der Waals surface area contributed by atoms with Gasteiger partial charge >= 0.3 is 12.0 Å². The van der Waals surface area contributed by atoms with E-state index in [0.29, 0.717) is 16.5 Å². The van der Waals surface area contributed by atoms with Crippen LogP contribution in [0.4, 0.5) is 4.79 Å². The van der Waals surface area contributed by atoms with Gasteiger partial charge in [0.05, 0.1) is 5.56 Å². The molecule has 1 atom stereocenters. The van der Waals surface area contributed by atoms with Gasteiger partial charge in [0.1, 0.15) is 0 Å². The summed E-state index contributed by atoms with van der Waals surface area (Å²) < 4.78 is 5.45. The van der Waals surface area contributed by atoms with Crippen molar-refractivity contribution < 1.29 is 19.1 Å². The van der Waals surface area contributed by atoms with Gasteiger partial charge in [-0.1, -0.05) is 48.5 Å². The Morgan fingerprint density at radius 1 is 1.00 bits per heavy atom. The molecule has 1 heterocycles. The van der Waals surface area contributed by atoms with E-state index in [1.54, 1.807) is 42.5 Å². The van der Waals surface area contributed by atoms with Gasteiger partial charge in [0.15, 0.2) is 0 Å². The van der Waals surface area contributed by atoms with Crippen LogP contribution in [0.3, 0.4) is 0 Å². The second-order valence-corrected chi connectivity index (χ2v) is 5.51. The molecule has 0 aliphatic heterocycles. The van der Waals surface area contributed by atoms with Crippen LogP contribution in [-0.2, 0) is 9.53 Å². The third-order valence-electron chi connectivity index (χ3n) is 3.84. The number of hydrogen-bond acceptors (Lipinski definition) is 4. The fourth-order valence-corrected chi connectivity index (χ4v) is 2.55. The summed E-state index contributed by atoms with van der Waals surface area (Å²) in [5.41, 5.74) is 1.56. The summed E-state index contributed by atoms with van der Waals surface area (Å²) in [6.07, 6.45) is 0.278. The van der Waals surface area contributed by atoms with Crippen molar-refractivity contribution in [2.45, 2.75) is 6.10 Å². The van der Waals surface area contributed by atoms with Gasteiger partial charge in [0.25, 0.3) is 5.91 Å². The summed E-state index contributed by atoms with van der Waals surface area (Å²) in [5.74, 6) is -1.40. The zero-order valence-corrected chi connectivity index (χ0v) is 14.0. The quantitative estimate of drug-likeness (QED) is 0.629. The number of urea groups is 1. The molecule has 132 valence electrons. The number of ether oxygens (including phenoxy) is 1. The second-order valence-electron chi connectivity index (χ2n) is 5.51. The first-order chi connectivity index (χ1) is 12.6. The molecular formula is C19H17N3O4. The highest BCUT2D eigenvalue weighted by molar-refractivity contribution is 6.05. The van der Waals surface area contributed by atoms with E-state index >= 15 is 0 Å². The number of fused-ring (bicyclic) bond motifs is 1. The summed E-state index contributed by atoms with van der Waals surface area (Å²) in [7, 11) is 1.39. The Morgan fingerprint density at radius 2 is 1.69 bits per heavy atom. The van der Waals surface area contributed by atoms with E-state index in [0.717, 1.165) is 5.52 Å². The van der Waals surface area contributed by atoms with Gasteiger partial charge < -0.3 is 15.0 Å². The van der Waals surface area contributed by atoms with Gasteiger partial charge in [-0.25, -0.2) is 9.59 Å². The van der Waals surface area contributed by atoms with Crippen molar-refractivity contribution in [1.82, 2.24) is 15.6 Å². The Labute approximate surface area is 149 Å². The first-order valence-corrected chi connectivity index (χ1v) is 7.94. The van der Waals surface area contributed by atoms with Gasteiger partial charge in [-0.15, -0.1) is 0 Å². The second kappa shape index (κ2) is 7.52. The highest BCUT2D eigenvalue weighted by Crippen LogP contribution is 2.23. The van der Waals surface area contributed by atoms with Gasteiger partial charge in [-0.2, -0.15) is 0 Å². The number of nitrogens with one attached hydrogen (secondary N) is 3. The van der Waals surface area contributed by atoms with Gasteiger partial charge in [0, 0.05) is 29.7 Å². The van der Waals surface area contributed by atoms with Gasteiger partial charge in [0.2, 0.25) is 6.10 Å². The van der Waals surface area contributed by atoms with Crippen molar-refractivity contribution in [3.8, 4) is 0 Å². The maximum Gasteiger partial charge on any atom is 0.341 e. The molecule has 0 saturated heterocycles. The lowest BCUT2D eigenvalue weighted by Crippen LogP contribution is -2.41. The number of carbonyl (C=O) groups excluding carboxylic acids is 3. The van der Waals surface area contributed by atoms with Crippen LogP contribution in [0.5, 0.6) is 0 Å². The smallest absolute Gasteiger partial charge is 0.341 e. The zero-order valence-electron chi connectivity index (χ0n) is 14.0. The summed E-state index contributed by atoms with van der Waals surface area (Å²) in [5, 5.41) is 5.12. The number of aromatic amines is 1. The van der Waals surface area contributed by atoms with Crippen LogP contribution in [0, 0.1) is 0 Å². The molecule has 26 heavy (non-hydrogen) atoms. The number of esters is 1. The number of carbonyl (C=O) groups is 3. The van der Waals surface area contributed by atoms with E-state index in [4.69, 9.17) is 4.74 Å². The number of aromatic nitrogens is 1. The Morgan fingerprint density at radius 3 is 2.42 bits per heavy atom. The molecule has 2 aromatic carbocycles. The predicted octanol–water partition coefficient (Wildman–Crippen LogP) is 2.52. The molecule has 0 saturated carbocycles. The van der Waals surface area contributed by atoms with E-state index in [1.165, 1.54) is 13.2 Å². The highest BCUT2D eigenvalue weighted by atomic mass is 16.5. The Bertz CT molecular complexity index is 950. The maximum atomic E-state index is 12.6. The SMILES string of the molecule is CNC(=O)NC(=O)[C@H](OC(=O)c1c[nH]c2ccccc12)c1ccccc1. The summed E-state index contributed by atoms with van der Waals surface area (Å²) in [6, 6.07) is 15.1. The van der Waals surface area contributed by atoms with Crippen LogP contribution in [0.15, 0.2) is 60.8 Å². The number of benzene rings is 2. The van der Waals surface area contributed by atoms with Gasteiger partial charge in [-0.3, -0.25) is 10.1 Å². The van der Waals surface area contributed by atoms with Crippen molar-refractivity contribution in [3.05, 3.63) is 71.9 Å². The lowest BCUT2D eigenvalue weighted by molar-refractivity contribution is -0.129. The first kappa shape index (κ1) is 17.2. The molecule has 7 heteroatoms. The number of amides is 3. The summed E-state index contributed by atoms with van der Waals surface area (Å²) in [4.78, 5) is 39.5. The maximum absolute atomic E-state index is 12.6. The number of hydrogen-bond donors (Lipinski definition) is 3. The molecule has 0 fully saturated rings. The van der Waals surface area contributed by atoms with Crippen molar-refractivity contribution in [3.63, 3.8) is 0 Å². The van der Waals surface area contributed by atoms with Crippen molar-refractivity contribution in [2.24, 2.45) is 0 Å². The molecule has 0 aliphatic rings. The number of imide groups is 1. The van der Waals surface area contributed by atoms with Crippen LogP contribution in [-0.4, -0.2) is 29.9 Å². The van der Waals surface area contributed by atoms with E-state index in [2.05, 4.69) is 15.6 Å². The third kappa shape index (κ3) is 3.56. The zero-order chi connectivity index (χ0) is 18.5. The molecule has 0 radical (unpaired) electrons. The Balaban J connectivity index is 1.88. The van der Waals surface area contributed by atoms with E-state index in [-0.39, 0.29) is 0 Å². The molecule has 0 aliphatic carbocycles. The topological polar surface area (TPSA) is 100 Å². The standard InChI is InChI=1S/C19H17N3O4/c1-20-19(25)22-17(23)16(12-7-3-2-4-8-12)26-18(24)14-11-21-15-10-6-5-9-13(14)15/h2-11,16,21H,1H3,(H2,20,22,23,25)/t16-/m1/s1. The average molecular weight is 351 g/mol. The van der Waals surface area contributed by atoms with Gasteiger partial charge in [-0.05, 0) is 6.07 Å². The molecule has 0 spiro atoms. The van der Waals surface area contributed by atoms with Crippen LogP contribution < -0.4 is 10.6 Å². The van der Waals surface area contributed by atoms with Crippen LogP contribution in [0.25, 0.3) is 10.9 Å². The fraction of sp³-hybridized carbons (Fsp3) is 0.105. The molecule has 3 aromatic rings. The molecular weight excluding hydrogens is 334 g/mol. The fourth-order valence-electron chi connectivity index (χ4n) is 2.55. The minimum Gasteiger partial charge on any atom is -0.444 e. The number of rotatable bonds is 4. The largest absolute Gasteiger partial charge is 0.444 e. The lowest BCUT2D eigenvalue weighted by atomic mass is 10.1. The minimum absolute atomic E-state index is 0.314. The predicted molar refractivity (Wildman–Crippen MR) is 95.5 cm³/mol. The molecule has 3 amide bonds. The number of para-hydroxylation sites is 1. The van der Waals surface area contributed by atoms with E-state index in [1.807, 2.05) is 12.1 Å². The summed E-state index contributed by atoms with van der Waals surface area (Å²) in [6.45, 7) is 0. The Hall–Kier alpha value is -3.61. The average Bonchev–Trinajstić information content (AvgIpc) is 3.10. The number of H-pyrrole nitrogens is 1. The van der Waals surface area contributed by atoms with Crippen LogP contribution in [0.2, 0.25) is 0 Å². The summed E-state index contributed by atoms with van der Waals surface area (Å²) >= 11 is 0. The molecule has 3 rings (SSSR count). The minimum atomic E-state index is -1.25. The lowest BCUT2D eigenvalue weighted by Gasteiger charge is -2.17. The Kier molecular flexibility index (Phi) is 4.98. The highest BCUT2D eigenvalue weighted by Gasteiger charge is 2.27. The van der Waals surface area contributed by atoms with E-state index in [9.17, 15) is 14.4 Å². The van der Waals surface area contributed by atoms with E-state index < -0.39 is 24.0 Å². The first-order valence-electron chi connectivity index (χ1n) is 7.94. The molecule has 7 nitrogen and oxygen atoms in total. The van der Waals surface area contributed by atoms with Crippen LogP contribution >= 0.6 is 0 Å². The van der Waals surface area contributed by atoms with Crippen molar-refractivity contribution in [2.75, 3.05) is 7.05 Å². The molecule has 3 N–H and O–H groups in total. The van der Waals surface area contributed by atoms with Crippen molar-refractivity contribution in [1.29, 1.82) is 0 Å². The molecule has 1 aromatic heterocycles. The third-order valence-corrected chi connectivity index (χ3v) is 3.84. The van der Waals surface area contributed by atoms with Crippen molar-refractivity contribution >= 4 is 28.8 Å². The molecule has 0 unspecified atom stereocenters. The van der Waals surface area contributed by atoms with Crippen LogP contribution in [0.1, 0.15) is 22.0 Å². The molecule has 0 bridgehead atoms. The monoisotopic (exact) mass is 351 g/mol. The normalized spacial score (nSPS) is 11.6.